The molecule has 35 heavy (non-hydrogen) atoms. The number of hydrogen-bond acceptors (Lipinski definition) is 4. The Balaban J connectivity index is 1.53. The molecular formula is C31H48O4. The third kappa shape index (κ3) is 13.9. The molecule has 1 unspecified atom stereocenters. The van der Waals surface area contributed by atoms with E-state index in [1.54, 1.807) is 0 Å². The van der Waals surface area contributed by atoms with E-state index in [2.05, 4.69) is 20.8 Å². The Morgan fingerprint density at radius 3 is 1.37 bits per heavy atom. The van der Waals surface area contributed by atoms with Gasteiger partial charge in [0.05, 0.1) is 13.2 Å². The average molecular weight is 485 g/mol. The lowest BCUT2D eigenvalue weighted by atomic mass is 10.0. The van der Waals surface area contributed by atoms with E-state index < -0.39 is 0 Å². The molecule has 2 aromatic rings. The molecule has 0 N–H and O–H groups in total. The molecule has 0 saturated carbocycles. The Hall–Kier alpha value is -2.36. The zero-order chi connectivity index (χ0) is 25.0. The third-order valence-corrected chi connectivity index (χ3v) is 6.42. The van der Waals surface area contributed by atoms with Gasteiger partial charge in [-0.15, -0.1) is 0 Å². The molecule has 0 aliphatic carbocycles. The summed E-state index contributed by atoms with van der Waals surface area (Å²) in [7, 11) is 0. The summed E-state index contributed by atoms with van der Waals surface area (Å²) in [6.45, 7) is 8.55. The van der Waals surface area contributed by atoms with E-state index >= 15 is 0 Å². The maximum atomic E-state index is 5.84. The van der Waals surface area contributed by atoms with Crippen molar-refractivity contribution >= 4 is 0 Å². The van der Waals surface area contributed by atoms with Crippen LogP contribution in [0.3, 0.4) is 0 Å². The van der Waals surface area contributed by atoms with Crippen molar-refractivity contribution in [3.63, 3.8) is 0 Å². The van der Waals surface area contributed by atoms with Crippen LogP contribution in [-0.4, -0.2) is 20.0 Å². The Bertz CT molecular complexity index is 742. The predicted octanol–water partition coefficient (Wildman–Crippen LogP) is 9.22. The van der Waals surface area contributed by atoms with Crippen LogP contribution in [0.5, 0.6) is 23.0 Å². The number of hydrogen-bond donors (Lipinski definition) is 0. The molecule has 1 atom stereocenters. The molecule has 0 radical (unpaired) electrons. The van der Waals surface area contributed by atoms with Gasteiger partial charge in [0.2, 0.25) is 6.79 Å². The summed E-state index contributed by atoms with van der Waals surface area (Å²) in [5.41, 5.74) is 0. The van der Waals surface area contributed by atoms with E-state index in [1.807, 2.05) is 48.5 Å². The van der Waals surface area contributed by atoms with Gasteiger partial charge < -0.3 is 18.9 Å². The van der Waals surface area contributed by atoms with E-state index in [1.165, 1.54) is 64.2 Å². The predicted molar refractivity (Wildman–Crippen MR) is 146 cm³/mol. The minimum Gasteiger partial charge on any atom is -0.494 e. The molecule has 0 aromatic heterocycles. The minimum absolute atomic E-state index is 0.161. The van der Waals surface area contributed by atoms with Gasteiger partial charge in [0.25, 0.3) is 0 Å². The van der Waals surface area contributed by atoms with Gasteiger partial charge in [0, 0.05) is 0 Å². The van der Waals surface area contributed by atoms with Crippen LogP contribution in [0, 0.1) is 5.92 Å². The Morgan fingerprint density at radius 2 is 0.914 bits per heavy atom. The standard InChI is InChI=1S/C31H48O4/c1-4-6-7-8-9-10-13-24-32-28-16-20-30(21-17-28)34-26-35-31-22-18-29(19-23-31)33-25-14-11-12-15-27(3)5-2/h16-23,27H,4-15,24-26H2,1-3H3. The highest BCUT2D eigenvalue weighted by atomic mass is 16.7. The molecule has 0 fully saturated rings. The monoisotopic (exact) mass is 484 g/mol. The van der Waals surface area contributed by atoms with Crippen LogP contribution in [0.25, 0.3) is 0 Å². The number of benzene rings is 2. The maximum absolute atomic E-state index is 5.84. The first kappa shape index (κ1) is 28.9. The second-order valence-electron chi connectivity index (χ2n) is 9.53. The van der Waals surface area contributed by atoms with Crippen molar-refractivity contribution in [2.75, 3.05) is 20.0 Å². The molecule has 4 heteroatoms. The van der Waals surface area contributed by atoms with Gasteiger partial charge in [-0.1, -0.05) is 85.0 Å². The largest absolute Gasteiger partial charge is 0.494 e. The summed E-state index contributed by atoms with van der Waals surface area (Å²) in [6, 6.07) is 15.5. The summed E-state index contributed by atoms with van der Waals surface area (Å²) in [5.74, 6) is 4.13. The highest BCUT2D eigenvalue weighted by Crippen LogP contribution is 2.21. The summed E-state index contributed by atoms with van der Waals surface area (Å²) >= 11 is 0. The van der Waals surface area contributed by atoms with Crippen molar-refractivity contribution in [2.45, 2.75) is 97.8 Å². The van der Waals surface area contributed by atoms with Crippen LogP contribution in [-0.2, 0) is 0 Å². The minimum atomic E-state index is 0.161. The van der Waals surface area contributed by atoms with Gasteiger partial charge in [-0.25, -0.2) is 0 Å². The molecule has 0 bridgehead atoms. The zero-order valence-electron chi connectivity index (χ0n) is 22.4. The van der Waals surface area contributed by atoms with E-state index in [0.717, 1.165) is 55.0 Å². The van der Waals surface area contributed by atoms with Gasteiger partial charge in [-0.3, -0.25) is 0 Å². The SMILES string of the molecule is CCCCCCCCCOc1ccc(OCOc2ccc(OCCCCCC(C)CC)cc2)cc1. The lowest BCUT2D eigenvalue weighted by Gasteiger charge is -2.11. The number of ether oxygens (including phenoxy) is 4. The summed E-state index contributed by atoms with van der Waals surface area (Å²) in [4.78, 5) is 0. The highest BCUT2D eigenvalue weighted by molar-refractivity contribution is 5.32. The number of rotatable bonds is 21. The Kier molecular flexibility index (Phi) is 15.6. The fourth-order valence-corrected chi connectivity index (χ4v) is 3.84. The molecule has 0 aliphatic rings. The van der Waals surface area contributed by atoms with Crippen LogP contribution >= 0.6 is 0 Å². The fraction of sp³-hybridized carbons (Fsp3) is 0.613. The molecule has 0 amide bonds. The molecule has 0 spiro atoms. The van der Waals surface area contributed by atoms with Gasteiger partial charge in [-0.05, 0) is 67.3 Å². The average Bonchev–Trinajstić information content (AvgIpc) is 2.89. The van der Waals surface area contributed by atoms with Crippen LogP contribution in [0.15, 0.2) is 48.5 Å². The van der Waals surface area contributed by atoms with E-state index in [9.17, 15) is 0 Å². The van der Waals surface area contributed by atoms with E-state index in [-0.39, 0.29) is 6.79 Å². The molecule has 2 aromatic carbocycles. The molecule has 4 nitrogen and oxygen atoms in total. The summed E-state index contributed by atoms with van der Waals surface area (Å²) in [5, 5.41) is 0. The highest BCUT2D eigenvalue weighted by Gasteiger charge is 2.01. The second-order valence-corrected chi connectivity index (χ2v) is 9.53. The van der Waals surface area contributed by atoms with Crippen molar-refractivity contribution in [3.05, 3.63) is 48.5 Å². The van der Waals surface area contributed by atoms with Crippen molar-refractivity contribution in [1.29, 1.82) is 0 Å². The third-order valence-electron chi connectivity index (χ3n) is 6.42. The van der Waals surface area contributed by atoms with Crippen molar-refractivity contribution in [1.82, 2.24) is 0 Å². The van der Waals surface area contributed by atoms with Gasteiger partial charge in [0.15, 0.2) is 0 Å². The van der Waals surface area contributed by atoms with E-state index in [0.29, 0.717) is 0 Å². The van der Waals surface area contributed by atoms with Gasteiger partial charge in [-0.2, -0.15) is 0 Å². The van der Waals surface area contributed by atoms with Gasteiger partial charge in [0.1, 0.15) is 23.0 Å². The van der Waals surface area contributed by atoms with Crippen molar-refractivity contribution in [3.8, 4) is 23.0 Å². The molecule has 2 rings (SSSR count). The molecule has 0 aliphatic heterocycles. The normalized spacial score (nSPS) is 11.7. The Morgan fingerprint density at radius 1 is 0.514 bits per heavy atom. The topological polar surface area (TPSA) is 36.9 Å². The first-order chi connectivity index (χ1) is 17.2. The quantitative estimate of drug-likeness (QED) is 0.131. The van der Waals surface area contributed by atoms with Crippen LogP contribution in [0.2, 0.25) is 0 Å². The smallest absolute Gasteiger partial charge is 0.230 e. The number of unbranched alkanes of at least 4 members (excludes halogenated alkanes) is 8. The second kappa shape index (κ2) is 18.9. The fourth-order valence-electron chi connectivity index (χ4n) is 3.84. The van der Waals surface area contributed by atoms with Crippen molar-refractivity contribution < 1.29 is 18.9 Å². The van der Waals surface area contributed by atoms with Crippen LogP contribution in [0.1, 0.15) is 97.8 Å². The molecule has 196 valence electrons. The molecule has 0 saturated heterocycles. The summed E-state index contributed by atoms with van der Waals surface area (Å²) in [6.07, 6.45) is 15.3. The maximum Gasteiger partial charge on any atom is 0.230 e. The first-order valence-electron chi connectivity index (χ1n) is 13.9. The lowest BCUT2D eigenvalue weighted by molar-refractivity contribution is 0.119. The molecular weight excluding hydrogens is 436 g/mol. The summed E-state index contributed by atoms with van der Waals surface area (Å²) < 4.78 is 23.1. The first-order valence-corrected chi connectivity index (χ1v) is 13.9. The zero-order valence-corrected chi connectivity index (χ0v) is 22.4. The van der Waals surface area contributed by atoms with Crippen LogP contribution < -0.4 is 18.9 Å². The van der Waals surface area contributed by atoms with E-state index in [4.69, 9.17) is 18.9 Å². The molecule has 0 heterocycles. The van der Waals surface area contributed by atoms with Crippen LogP contribution in [0.4, 0.5) is 0 Å². The lowest BCUT2D eigenvalue weighted by Crippen LogP contribution is -2.05. The van der Waals surface area contributed by atoms with Crippen molar-refractivity contribution in [2.24, 2.45) is 5.92 Å². The van der Waals surface area contributed by atoms with Gasteiger partial charge >= 0.3 is 0 Å². The Labute approximate surface area is 214 Å².